The van der Waals surface area contributed by atoms with E-state index in [2.05, 4.69) is 15.1 Å². The summed E-state index contributed by atoms with van der Waals surface area (Å²) in [6.07, 6.45) is 1.60. The van der Waals surface area contributed by atoms with Gasteiger partial charge in [-0.25, -0.2) is 5.43 Å². The summed E-state index contributed by atoms with van der Waals surface area (Å²) < 4.78 is 12.6. The van der Waals surface area contributed by atoms with Gasteiger partial charge in [0.2, 0.25) is 0 Å². The van der Waals surface area contributed by atoms with Crippen molar-refractivity contribution >= 4 is 12.1 Å². The van der Waals surface area contributed by atoms with Crippen molar-refractivity contribution in [2.75, 3.05) is 20.3 Å². The van der Waals surface area contributed by atoms with E-state index >= 15 is 0 Å². The zero-order valence-corrected chi connectivity index (χ0v) is 15.2. The van der Waals surface area contributed by atoms with Gasteiger partial charge in [-0.3, -0.25) is 4.79 Å². The number of carbonyl (C=O) groups is 1. The number of ether oxygens (including phenoxy) is 2. The number of nitriles is 1. The molecular formula is C19H22N4O3. The van der Waals surface area contributed by atoms with Gasteiger partial charge in [-0.2, -0.15) is 10.4 Å². The van der Waals surface area contributed by atoms with Crippen LogP contribution in [0.2, 0.25) is 0 Å². The molecule has 0 saturated carbocycles. The molecule has 0 atom stereocenters. The molecule has 0 aliphatic rings. The molecule has 136 valence electrons. The quantitative estimate of drug-likeness (QED) is 0.581. The largest absolute Gasteiger partial charge is 0.482 e. The van der Waals surface area contributed by atoms with Crippen molar-refractivity contribution < 1.29 is 14.3 Å². The van der Waals surface area contributed by atoms with Crippen LogP contribution in [0, 0.1) is 25.2 Å². The maximum atomic E-state index is 11.9. The predicted molar refractivity (Wildman–Crippen MR) is 98.2 cm³/mol. The second-order valence-electron chi connectivity index (χ2n) is 5.66. The average molecular weight is 354 g/mol. The predicted octanol–water partition coefficient (Wildman–Crippen LogP) is 2.15. The van der Waals surface area contributed by atoms with Crippen LogP contribution in [0.4, 0.5) is 0 Å². The third-order valence-electron chi connectivity index (χ3n) is 3.89. The Hall–Kier alpha value is -3.11. The monoisotopic (exact) mass is 354 g/mol. The fraction of sp³-hybridized carbons (Fsp3) is 0.316. The second kappa shape index (κ2) is 9.39. The number of aryl methyl sites for hydroxylation is 1. The molecule has 1 aromatic heterocycles. The first kappa shape index (κ1) is 19.2. The van der Waals surface area contributed by atoms with E-state index in [-0.39, 0.29) is 6.61 Å². The molecular weight excluding hydrogens is 332 g/mol. The van der Waals surface area contributed by atoms with Gasteiger partial charge in [0, 0.05) is 30.6 Å². The van der Waals surface area contributed by atoms with Crippen LogP contribution in [0.15, 0.2) is 35.4 Å². The standard InChI is InChI=1S/C19H22N4O3/c1-14-10-17(15(2)23(14)8-9-25-3)12-21-22-19(24)13-26-18-7-5-4-6-16(18)11-20/h4-7,10,12H,8-9,13H2,1-3H3,(H,22,24)/b21-12+. The molecule has 1 amide bonds. The number of hydrogen-bond acceptors (Lipinski definition) is 5. The first-order chi connectivity index (χ1) is 12.6. The van der Waals surface area contributed by atoms with E-state index in [1.54, 1.807) is 37.6 Å². The fourth-order valence-corrected chi connectivity index (χ4v) is 2.52. The number of hydrazone groups is 1. The van der Waals surface area contributed by atoms with Crippen molar-refractivity contribution in [2.45, 2.75) is 20.4 Å². The summed E-state index contributed by atoms with van der Waals surface area (Å²) in [5, 5.41) is 13.0. The maximum absolute atomic E-state index is 11.9. The average Bonchev–Trinajstić information content (AvgIpc) is 2.91. The van der Waals surface area contributed by atoms with Gasteiger partial charge in [0.1, 0.15) is 11.8 Å². The van der Waals surface area contributed by atoms with Gasteiger partial charge in [0.25, 0.3) is 5.91 Å². The lowest BCUT2D eigenvalue weighted by Gasteiger charge is -2.08. The van der Waals surface area contributed by atoms with Gasteiger partial charge in [0.15, 0.2) is 6.61 Å². The molecule has 2 aromatic rings. The number of carbonyl (C=O) groups excluding carboxylic acids is 1. The summed E-state index contributed by atoms with van der Waals surface area (Å²) >= 11 is 0. The Balaban J connectivity index is 1.90. The zero-order valence-electron chi connectivity index (χ0n) is 15.2. The van der Waals surface area contributed by atoms with Crippen LogP contribution in [0.5, 0.6) is 5.75 Å². The lowest BCUT2D eigenvalue weighted by atomic mass is 10.2. The summed E-state index contributed by atoms with van der Waals surface area (Å²) in [6, 6.07) is 10.8. The van der Waals surface area contributed by atoms with E-state index in [9.17, 15) is 4.79 Å². The lowest BCUT2D eigenvalue weighted by Crippen LogP contribution is -2.24. The highest BCUT2D eigenvalue weighted by molar-refractivity contribution is 5.84. The zero-order chi connectivity index (χ0) is 18.9. The van der Waals surface area contributed by atoms with Gasteiger partial charge < -0.3 is 14.0 Å². The van der Waals surface area contributed by atoms with Gasteiger partial charge in [-0.1, -0.05) is 12.1 Å². The van der Waals surface area contributed by atoms with Crippen LogP contribution in [-0.4, -0.2) is 37.0 Å². The van der Waals surface area contributed by atoms with Crippen molar-refractivity contribution in [3.63, 3.8) is 0 Å². The summed E-state index contributed by atoms with van der Waals surface area (Å²) in [7, 11) is 1.67. The van der Waals surface area contributed by atoms with E-state index in [4.69, 9.17) is 14.7 Å². The number of nitrogens with one attached hydrogen (secondary N) is 1. The molecule has 0 saturated heterocycles. The molecule has 7 heteroatoms. The Labute approximate surface area is 152 Å². The van der Waals surface area contributed by atoms with Crippen LogP contribution in [0.1, 0.15) is 22.5 Å². The number of methoxy groups -OCH3 is 1. The SMILES string of the molecule is COCCn1c(C)cc(/C=N/NC(=O)COc2ccccc2C#N)c1C. The molecule has 1 N–H and O–H groups in total. The number of nitrogens with zero attached hydrogens (tertiary/aromatic N) is 3. The van der Waals surface area contributed by atoms with Crippen molar-refractivity contribution in [3.05, 3.63) is 52.8 Å². The minimum absolute atomic E-state index is 0.219. The van der Waals surface area contributed by atoms with E-state index < -0.39 is 5.91 Å². The number of rotatable bonds is 8. The van der Waals surface area contributed by atoms with E-state index in [1.807, 2.05) is 26.0 Å². The Bertz CT molecular complexity index is 834. The van der Waals surface area contributed by atoms with E-state index in [0.717, 1.165) is 23.5 Å². The van der Waals surface area contributed by atoms with Crippen LogP contribution in [0.3, 0.4) is 0 Å². The van der Waals surface area contributed by atoms with Crippen molar-refractivity contribution in [1.29, 1.82) is 5.26 Å². The second-order valence-corrected chi connectivity index (χ2v) is 5.66. The highest BCUT2D eigenvalue weighted by Crippen LogP contribution is 2.16. The van der Waals surface area contributed by atoms with Crippen LogP contribution in [-0.2, 0) is 16.1 Å². The maximum Gasteiger partial charge on any atom is 0.277 e. The first-order valence-corrected chi connectivity index (χ1v) is 8.16. The molecule has 7 nitrogen and oxygen atoms in total. The minimum Gasteiger partial charge on any atom is -0.482 e. The molecule has 26 heavy (non-hydrogen) atoms. The molecule has 1 aromatic carbocycles. The topological polar surface area (TPSA) is 88.6 Å². The third kappa shape index (κ3) is 4.94. The minimum atomic E-state index is -0.401. The van der Waals surface area contributed by atoms with Crippen molar-refractivity contribution in [2.24, 2.45) is 5.10 Å². The number of benzene rings is 1. The molecule has 0 bridgehead atoms. The Morgan fingerprint density at radius 3 is 2.88 bits per heavy atom. The molecule has 0 radical (unpaired) electrons. The van der Waals surface area contributed by atoms with Crippen molar-refractivity contribution in [1.82, 2.24) is 9.99 Å². The molecule has 0 aliphatic carbocycles. The van der Waals surface area contributed by atoms with Crippen LogP contribution < -0.4 is 10.2 Å². The summed E-state index contributed by atoms with van der Waals surface area (Å²) in [6.45, 7) is 5.18. The summed E-state index contributed by atoms with van der Waals surface area (Å²) in [4.78, 5) is 11.9. The molecule has 0 unspecified atom stereocenters. The van der Waals surface area contributed by atoms with Gasteiger partial charge >= 0.3 is 0 Å². The molecule has 0 fully saturated rings. The number of hydrogen-bond donors (Lipinski definition) is 1. The van der Waals surface area contributed by atoms with Gasteiger partial charge in [-0.15, -0.1) is 0 Å². The number of aromatic nitrogens is 1. The Kier molecular flexibility index (Phi) is 6.94. The smallest absolute Gasteiger partial charge is 0.277 e. The van der Waals surface area contributed by atoms with Crippen LogP contribution >= 0.6 is 0 Å². The fourth-order valence-electron chi connectivity index (χ4n) is 2.52. The van der Waals surface area contributed by atoms with Gasteiger partial charge in [-0.05, 0) is 32.0 Å². The normalized spacial score (nSPS) is 10.7. The van der Waals surface area contributed by atoms with E-state index in [1.165, 1.54) is 0 Å². The highest BCUT2D eigenvalue weighted by Gasteiger charge is 2.08. The number of amides is 1. The summed E-state index contributed by atoms with van der Waals surface area (Å²) in [5.41, 5.74) is 5.89. The third-order valence-corrected chi connectivity index (χ3v) is 3.89. The Morgan fingerprint density at radius 2 is 2.15 bits per heavy atom. The number of para-hydroxylation sites is 1. The molecule has 0 spiro atoms. The lowest BCUT2D eigenvalue weighted by molar-refractivity contribution is -0.123. The van der Waals surface area contributed by atoms with Gasteiger partial charge in [0.05, 0.1) is 18.4 Å². The highest BCUT2D eigenvalue weighted by atomic mass is 16.5. The molecule has 2 rings (SSSR count). The first-order valence-electron chi connectivity index (χ1n) is 8.16. The van der Waals surface area contributed by atoms with E-state index in [0.29, 0.717) is 17.9 Å². The van der Waals surface area contributed by atoms with Crippen LogP contribution in [0.25, 0.3) is 0 Å². The molecule has 1 heterocycles. The summed E-state index contributed by atoms with van der Waals surface area (Å²) in [5.74, 6) is -0.0296. The Morgan fingerprint density at radius 1 is 1.38 bits per heavy atom. The van der Waals surface area contributed by atoms with Crippen molar-refractivity contribution in [3.8, 4) is 11.8 Å². The molecule has 0 aliphatic heterocycles.